The van der Waals surface area contributed by atoms with Crippen molar-refractivity contribution in [3.05, 3.63) is 35.9 Å². The Morgan fingerprint density at radius 2 is 2.10 bits per heavy atom. The summed E-state index contributed by atoms with van der Waals surface area (Å²) in [5.74, 6) is -0.108. The summed E-state index contributed by atoms with van der Waals surface area (Å²) in [6.07, 6.45) is 3.00. The Balaban J connectivity index is 1.95. The molecular formula is C16H24N2O2. The first kappa shape index (κ1) is 15.0. The molecule has 2 rings (SSSR count). The molecule has 20 heavy (non-hydrogen) atoms. The van der Waals surface area contributed by atoms with Gasteiger partial charge >= 0.3 is 0 Å². The van der Waals surface area contributed by atoms with E-state index >= 15 is 0 Å². The number of nitrogens with one attached hydrogen (secondary N) is 1. The maximum absolute atomic E-state index is 12.3. The van der Waals surface area contributed by atoms with E-state index in [0.717, 1.165) is 24.8 Å². The Morgan fingerprint density at radius 1 is 1.40 bits per heavy atom. The molecular weight excluding hydrogens is 252 g/mol. The number of aliphatic hydroxyl groups is 1. The highest BCUT2D eigenvalue weighted by molar-refractivity contribution is 5.79. The van der Waals surface area contributed by atoms with E-state index in [-0.39, 0.29) is 36.4 Å². The van der Waals surface area contributed by atoms with Gasteiger partial charge in [-0.25, -0.2) is 0 Å². The van der Waals surface area contributed by atoms with E-state index in [4.69, 9.17) is 5.73 Å². The minimum absolute atomic E-state index is 0.0216. The van der Waals surface area contributed by atoms with Crippen molar-refractivity contribution in [2.45, 2.75) is 38.3 Å². The minimum atomic E-state index is -0.301. The topological polar surface area (TPSA) is 75.3 Å². The molecule has 1 aliphatic carbocycles. The molecule has 4 atom stereocenters. The quantitative estimate of drug-likeness (QED) is 0.764. The molecule has 4 unspecified atom stereocenters. The molecule has 0 spiro atoms. The van der Waals surface area contributed by atoms with E-state index in [1.54, 1.807) is 0 Å². The molecule has 4 nitrogen and oxygen atoms in total. The Bertz CT molecular complexity index is 435. The molecule has 0 bridgehead atoms. The van der Waals surface area contributed by atoms with Gasteiger partial charge in [0.25, 0.3) is 0 Å². The normalized spacial score (nSPS) is 25.1. The van der Waals surface area contributed by atoms with E-state index in [2.05, 4.69) is 5.32 Å². The van der Waals surface area contributed by atoms with Crippen LogP contribution in [0.4, 0.5) is 0 Å². The monoisotopic (exact) mass is 276 g/mol. The van der Waals surface area contributed by atoms with E-state index in [1.807, 2.05) is 37.3 Å². The van der Waals surface area contributed by atoms with Crippen molar-refractivity contribution >= 4 is 5.91 Å². The van der Waals surface area contributed by atoms with E-state index < -0.39 is 0 Å². The smallest absolute Gasteiger partial charge is 0.224 e. The van der Waals surface area contributed by atoms with Crippen LogP contribution in [-0.4, -0.2) is 23.7 Å². The van der Waals surface area contributed by atoms with Gasteiger partial charge in [0.1, 0.15) is 0 Å². The van der Waals surface area contributed by atoms with Crippen LogP contribution in [0.5, 0.6) is 0 Å². The van der Waals surface area contributed by atoms with Crippen LogP contribution >= 0.6 is 0 Å². The Hall–Kier alpha value is -1.39. The Morgan fingerprint density at radius 3 is 2.75 bits per heavy atom. The predicted molar refractivity (Wildman–Crippen MR) is 78.9 cm³/mol. The van der Waals surface area contributed by atoms with Crippen molar-refractivity contribution in [3.8, 4) is 0 Å². The average molecular weight is 276 g/mol. The SMILES string of the molecule is CC(C(=O)NC1CCCC1CO)C(N)c1ccccc1. The van der Waals surface area contributed by atoms with Crippen molar-refractivity contribution in [1.29, 1.82) is 0 Å². The zero-order valence-electron chi connectivity index (χ0n) is 12.0. The number of aliphatic hydroxyl groups excluding tert-OH is 1. The van der Waals surface area contributed by atoms with Crippen molar-refractivity contribution in [1.82, 2.24) is 5.32 Å². The molecule has 1 fully saturated rings. The molecule has 1 aromatic rings. The molecule has 0 saturated heterocycles. The summed E-state index contributed by atoms with van der Waals surface area (Å²) in [5, 5.41) is 12.4. The molecule has 1 saturated carbocycles. The maximum Gasteiger partial charge on any atom is 0.224 e. The van der Waals surface area contributed by atoms with Crippen molar-refractivity contribution in [2.24, 2.45) is 17.6 Å². The fourth-order valence-electron chi connectivity index (χ4n) is 2.89. The molecule has 0 aliphatic heterocycles. The Labute approximate surface area is 120 Å². The molecule has 1 aliphatic rings. The summed E-state index contributed by atoms with van der Waals surface area (Å²) < 4.78 is 0. The van der Waals surface area contributed by atoms with Crippen molar-refractivity contribution in [3.63, 3.8) is 0 Å². The summed E-state index contributed by atoms with van der Waals surface area (Å²) in [6.45, 7) is 2.00. The number of benzene rings is 1. The van der Waals surface area contributed by atoms with Gasteiger partial charge in [0.2, 0.25) is 5.91 Å². The van der Waals surface area contributed by atoms with Crippen LogP contribution in [0.1, 0.15) is 37.8 Å². The predicted octanol–water partition coefficient (Wildman–Crippen LogP) is 1.60. The average Bonchev–Trinajstić information content (AvgIpc) is 2.93. The minimum Gasteiger partial charge on any atom is -0.396 e. The summed E-state index contributed by atoms with van der Waals surface area (Å²) in [5.41, 5.74) is 7.14. The molecule has 1 amide bonds. The first-order chi connectivity index (χ1) is 9.63. The molecule has 0 aromatic heterocycles. The highest BCUT2D eigenvalue weighted by atomic mass is 16.3. The number of hydrogen-bond donors (Lipinski definition) is 3. The molecule has 4 heteroatoms. The fourth-order valence-corrected chi connectivity index (χ4v) is 2.89. The van der Waals surface area contributed by atoms with Crippen LogP contribution in [0.2, 0.25) is 0 Å². The van der Waals surface area contributed by atoms with Crippen molar-refractivity contribution in [2.75, 3.05) is 6.61 Å². The highest BCUT2D eigenvalue weighted by Gasteiger charge is 2.30. The second-order valence-electron chi connectivity index (χ2n) is 5.71. The molecule has 0 radical (unpaired) electrons. The summed E-state index contributed by atoms with van der Waals surface area (Å²) in [6, 6.07) is 9.48. The van der Waals surface area contributed by atoms with Crippen LogP contribution in [0.15, 0.2) is 30.3 Å². The van der Waals surface area contributed by atoms with Crippen LogP contribution < -0.4 is 11.1 Å². The highest BCUT2D eigenvalue weighted by Crippen LogP contribution is 2.26. The lowest BCUT2D eigenvalue weighted by Gasteiger charge is -2.24. The summed E-state index contributed by atoms with van der Waals surface area (Å²) in [7, 11) is 0. The first-order valence-electron chi connectivity index (χ1n) is 7.35. The number of hydrogen-bond acceptors (Lipinski definition) is 3. The number of nitrogens with two attached hydrogens (primary N) is 1. The van der Waals surface area contributed by atoms with Gasteiger partial charge in [-0.1, -0.05) is 43.7 Å². The van der Waals surface area contributed by atoms with Gasteiger partial charge in [0, 0.05) is 24.6 Å². The number of rotatable bonds is 5. The largest absolute Gasteiger partial charge is 0.396 e. The summed E-state index contributed by atoms with van der Waals surface area (Å²) >= 11 is 0. The van der Waals surface area contributed by atoms with Crippen LogP contribution in [0, 0.1) is 11.8 Å². The number of carbonyl (C=O) groups excluding carboxylic acids is 1. The number of amides is 1. The second-order valence-corrected chi connectivity index (χ2v) is 5.71. The Kier molecular flexibility index (Phi) is 5.15. The van der Waals surface area contributed by atoms with E-state index in [0.29, 0.717) is 0 Å². The van der Waals surface area contributed by atoms with Gasteiger partial charge in [-0.15, -0.1) is 0 Å². The third kappa shape index (κ3) is 3.38. The second kappa shape index (κ2) is 6.86. The molecule has 110 valence electrons. The summed E-state index contributed by atoms with van der Waals surface area (Å²) in [4.78, 5) is 12.3. The van der Waals surface area contributed by atoms with Crippen LogP contribution in [0.25, 0.3) is 0 Å². The molecule has 0 heterocycles. The molecule has 1 aromatic carbocycles. The lowest BCUT2D eigenvalue weighted by Crippen LogP contribution is -2.43. The van der Waals surface area contributed by atoms with Gasteiger partial charge in [-0.05, 0) is 18.4 Å². The first-order valence-corrected chi connectivity index (χ1v) is 7.35. The van der Waals surface area contributed by atoms with Gasteiger partial charge < -0.3 is 16.2 Å². The van der Waals surface area contributed by atoms with E-state index in [1.165, 1.54) is 0 Å². The van der Waals surface area contributed by atoms with E-state index in [9.17, 15) is 9.90 Å². The lowest BCUT2D eigenvalue weighted by molar-refractivity contribution is -0.126. The van der Waals surface area contributed by atoms with Gasteiger partial charge in [0.15, 0.2) is 0 Å². The fraction of sp³-hybridized carbons (Fsp3) is 0.562. The third-order valence-electron chi connectivity index (χ3n) is 4.36. The van der Waals surface area contributed by atoms with Crippen molar-refractivity contribution < 1.29 is 9.90 Å². The van der Waals surface area contributed by atoms with Crippen LogP contribution in [-0.2, 0) is 4.79 Å². The lowest BCUT2D eigenvalue weighted by atomic mass is 9.94. The van der Waals surface area contributed by atoms with Gasteiger partial charge in [0.05, 0.1) is 5.92 Å². The standard InChI is InChI=1S/C16H24N2O2/c1-11(15(17)12-6-3-2-4-7-12)16(20)18-14-9-5-8-13(14)10-19/h2-4,6-7,11,13-15,19H,5,8-10,17H2,1H3,(H,18,20). The zero-order valence-corrected chi connectivity index (χ0v) is 12.0. The van der Waals surface area contributed by atoms with Gasteiger partial charge in [-0.2, -0.15) is 0 Å². The van der Waals surface area contributed by atoms with Gasteiger partial charge in [-0.3, -0.25) is 4.79 Å². The zero-order chi connectivity index (χ0) is 14.5. The third-order valence-corrected chi connectivity index (χ3v) is 4.36. The maximum atomic E-state index is 12.3. The molecule has 4 N–H and O–H groups in total. The number of carbonyl (C=O) groups is 1. The van der Waals surface area contributed by atoms with Crippen LogP contribution in [0.3, 0.4) is 0 Å².